The maximum absolute atomic E-state index is 6.07. The van der Waals surface area contributed by atoms with Crippen molar-refractivity contribution in [3.8, 4) is 0 Å². The molecule has 0 spiro atoms. The molecule has 0 N–H and O–H groups in total. The van der Waals surface area contributed by atoms with E-state index in [4.69, 9.17) is 4.74 Å². The standard InChI is InChI=1S/C15H26N4O/c1-17(2)14-11-19(9-12-7-16-18(3)8-12)10-13-5-4-6-20-15(13)14/h7-8,13-15H,4-6,9-11H2,1-3H3/t13-,14+,15-/m0/s1. The van der Waals surface area contributed by atoms with Crippen molar-refractivity contribution in [2.45, 2.75) is 31.5 Å². The van der Waals surface area contributed by atoms with Gasteiger partial charge in [0.05, 0.1) is 12.3 Å². The first-order valence-electron chi connectivity index (χ1n) is 7.61. The average Bonchev–Trinajstić information content (AvgIpc) is 2.83. The summed E-state index contributed by atoms with van der Waals surface area (Å²) < 4.78 is 7.96. The quantitative estimate of drug-likeness (QED) is 0.825. The Morgan fingerprint density at radius 3 is 2.95 bits per heavy atom. The third-order valence-electron chi connectivity index (χ3n) is 4.64. The second kappa shape index (κ2) is 5.84. The first kappa shape index (κ1) is 14.0. The van der Waals surface area contributed by atoms with E-state index in [2.05, 4.69) is 35.2 Å². The van der Waals surface area contributed by atoms with Crippen LogP contribution in [-0.4, -0.2) is 65.5 Å². The third kappa shape index (κ3) is 2.90. The highest BCUT2D eigenvalue weighted by molar-refractivity contribution is 5.05. The molecular formula is C15H26N4O. The Labute approximate surface area is 121 Å². The zero-order valence-corrected chi connectivity index (χ0v) is 12.8. The summed E-state index contributed by atoms with van der Waals surface area (Å²) in [5, 5.41) is 4.27. The normalized spacial score (nSPS) is 31.5. The molecule has 2 aliphatic rings. The number of likely N-dealkylation sites (N-methyl/N-ethyl adjacent to an activating group) is 1. The van der Waals surface area contributed by atoms with Gasteiger partial charge in [-0.3, -0.25) is 9.58 Å². The molecule has 5 heteroatoms. The van der Waals surface area contributed by atoms with Crippen LogP contribution in [0.25, 0.3) is 0 Å². The molecule has 3 atom stereocenters. The molecule has 0 amide bonds. The van der Waals surface area contributed by atoms with E-state index in [1.54, 1.807) is 0 Å². The summed E-state index contributed by atoms with van der Waals surface area (Å²) in [5.74, 6) is 0.682. The highest BCUT2D eigenvalue weighted by Gasteiger charge is 2.40. The molecule has 2 saturated heterocycles. The summed E-state index contributed by atoms with van der Waals surface area (Å²) in [6, 6.07) is 0.505. The van der Waals surface area contributed by atoms with Gasteiger partial charge < -0.3 is 9.64 Å². The lowest BCUT2D eigenvalue weighted by Gasteiger charge is -2.48. The molecule has 112 valence electrons. The predicted molar refractivity (Wildman–Crippen MR) is 78.4 cm³/mol. The number of fused-ring (bicyclic) bond motifs is 1. The van der Waals surface area contributed by atoms with Crippen molar-refractivity contribution >= 4 is 0 Å². The zero-order chi connectivity index (χ0) is 14.1. The van der Waals surface area contributed by atoms with Gasteiger partial charge in [-0.05, 0) is 32.9 Å². The van der Waals surface area contributed by atoms with E-state index < -0.39 is 0 Å². The highest BCUT2D eigenvalue weighted by Crippen LogP contribution is 2.31. The van der Waals surface area contributed by atoms with Crippen molar-refractivity contribution in [1.29, 1.82) is 0 Å². The van der Waals surface area contributed by atoms with Crippen molar-refractivity contribution in [2.24, 2.45) is 13.0 Å². The first-order chi connectivity index (χ1) is 9.63. The molecule has 0 aliphatic carbocycles. The predicted octanol–water partition coefficient (Wildman–Crippen LogP) is 0.961. The smallest absolute Gasteiger partial charge is 0.0782 e. The lowest BCUT2D eigenvalue weighted by atomic mass is 9.85. The van der Waals surface area contributed by atoms with Crippen LogP contribution in [0.2, 0.25) is 0 Å². The third-order valence-corrected chi connectivity index (χ3v) is 4.64. The molecule has 0 unspecified atom stereocenters. The highest BCUT2D eigenvalue weighted by atomic mass is 16.5. The monoisotopic (exact) mass is 278 g/mol. The van der Waals surface area contributed by atoms with Gasteiger partial charge >= 0.3 is 0 Å². The Kier molecular flexibility index (Phi) is 4.10. The molecule has 0 aromatic carbocycles. The topological polar surface area (TPSA) is 33.5 Å². The van der Waals surface area contributed by atoms with Gasteiger partial charge in [-0.2, -0.15) is 5.10 Å². The molecule has 20 heavy (non-hydrogen) atoms. The first-order valence-corrected chi connectivity index (χ1v) is 7.61. The van der Waals surface area contributed by atoms with Gasteiger partial charge in [0.15, 0.2) is 0 Å². The van der Waals surface area contributed by atoms with Crippen LogP contribution in [-0.2, 0) is 18.3 Å². The SMILES string of the molecule is CN(C)[C@@H]1CN(Cc2cnn(C)c2)C[C@@H]2CCCO[C@@H]21. The second-order valence-corrected chi connectivity index (χ2v) is 6.49. The van der Waals surface area contributed by atoms with Gasteiger partial charge in [0, 0.05) is 51.1 Å². The molecule has 0 radical (unpaired) electrons. The van der Waals surface area contributed by atoms with E-state index >= 15 is 0 Å². The summed E-state index contributed by atoms with van der Waals surface area (Å²) in [6.45, 7) is 4.18. The number of aromatic nitrogens is 2. The van der Waals surface area contributed by atoms with Gasteiger partial charge in [-0.15, -0.1) is 0 Å². The average molecular weight is 278 g/mol. The number of hydrogen-bond donors (Lipinski definition) is 0. The summed E-state index contributed by atoms with van der Waals surface area (Å²) in [7, 11) is 6.33. The fraction of sp³-hybridized carbons (Fsp3) is 0.800. The number of hydrogen-bond acceptors (Lipinski definition) is 4. The molecule has 0 bridgehead atoms. The summed E-state index contributed by atoms with van der Waals surface area (Å²) in [4.78, 5) is 4.90. The Hall–Kier alpha value is -0.910. The molecule has 5 nitrogen and oxygen atoms in total. The minimum Gasteiger partial charge on any atom is -0.376 e. The maximum Gasteiger partial charge on any atom is 0.0782 e. The van der Waals surface area contributed by atoms with E-state index in [9.17, 15) is 0 Å². The van der Waals surface area contributed by atoms with Gasteiger partial charge in [-0.1, -0.05) is 0 Å². The van der Waals surface area contributed by atoms with Crippen LogP contribution < -0.4 is 0 Å². The maximum atomic E-state index is 6.07. The molecule has 1 aromatic heterocycles. The zero-order valence-electron chi connectivity index (χ0n) is 12.8. The molecule has 0 saturated carbocycles. The Balaban J connectivity index is 1.70. The Bertz CT molecular complexity index is 445. The van der Waals surface area contributed by atoms with Crippen molar-refractivity contribution in [3.05, 3.63) is 18.0 Å². The van der Waals surface area contributed by atoms with Crippen LogP contribution in [0, 0.1) is 5.92 Å². The minimum absolute atomic E-state index is 0.420. The number of piperidine rings is 1. The van der Waals surface area contributed by atoms with Gasteiger partial charge in [-0.25, -0.2) is 0 Å². The fourth-order valence-electron chi connectivity index (χ4n) is 3.66. The lowest BCUT2D eigenvalue weighted by molar-refractivity contribution is -0.107. The number of ether oxygens (including phenoxy) is 1. The van der Waals surface area contributed by atoms with Crippen LogP contribution in [0.1, 0.15) is 18.4 Å². The van der Waals surface area contributed by atoms with Gasteiger partial charge in [0.2, 0.25) is 0 Å². The molecule has 3 heterocycles. The molecule has 2 fully saturated rings. The molecule has 3 rings (SSSR count). The van der Waals surface area contributed by atoms with Crippen LogP contribution in [0.5, 0.6) is 0 Å². The summed E-state index contributed by atoms with van der Waals surface area (Å²) >= 11 is 0. The van der Waals surface area contributed by atoms with E-state index in [1.807, 2.05) is 17.9 Å². The number of aryl methyl sites for hydroxylation is 1. The van der Waals surface area contributed by atoms with Crippen molar-refractivity contribution in [3.63, 3.8) is 0 Å². The number of rotatable bonds is 3. The van der Waals surface area contributed by atoms with E-state index in [0.29, 0.717) is 18.1 Å². The van der Waals surface area contributed by atoms with Gasteiger partial charge in [0.1, 0.15) is 0 Å². The molecular weight excluding hydrogens is 252 g/mol. The van der Waals surface area contributed by atoms with Crippen LogP contribution in [0.3, 0.4) is 0 Å². The van der Waals surface area contributed by atoms with Gasteiger partial charge in [0.25, 0.3) is 0 Å². The van der Waals surface area contributed by atoms with Crippen molar-refractivity contribution < 1.29 is 4.74 Å². The van der Waals surface area contributed by atoms with Crippen LogP contribution in [0.15, 0.2) is 12.4 Å². The van der Waals surface area contributed by atoms with Crippen LogP contribution >= 0.6 is 0 Å². The number of likely N-dealkylation sites (tertiary alicyclic amines) is 1. The van der Waals surface area contributed by atoms with Crippen molar-refractivity contribution in [2.75, 3.05) is 33.8 Å². The number of nitrogens with zero attached hydrogens (tertiary/aromatic N) is 4. The minimum atomic E-state index is 0.420. The Morgan fingerprint density at radius 2 is 2.25 bits per heavy atom. The summed E-state index contributed by atoms with van der Waals surface area (Å²) in [5.41, 5.74) is 1.31. The lowest BCUT2D eigenvalue weighted by Crippen LogP contribution is -2.59. The Morgan fingerprint density at radius 1 is 1.40 bits per heavy atom. The molecule has 2 aliphatic heterocycles. The van der Waals surface area contributed by atoms with Crippen LogP contribution in [0.4, 0.5) is 0 Å². The molecule has 1 aromatic rings. The van der Waals surface area contributed by atoms with E-state index in [-0.39, 0.29) is 0 Å². The second-order valence-electron chi connectivity index (χ2n) is 6.49. The summed E-state index contributed by atoms with van der Waals surface area (Å²) in [6.07, 6.45) is 7.03. The largest absolute Gasteiger partial charge is 0.376 e. The van der Waals surface area contributed by atoms with E-state index in [0.717, 1.165) is 26.2 Å². The fourth-order valence-corrected chi connectivity index (χ4v) is 3.66. The van der Waals surface area contributed by atoms with E-state index in [1.165, 1.54) is 18.4 Å². The van der Waals surface area contributed by atoms with Crippen molar-refractivity contribution in [1.82, 2.24) is 19.6 Å².